The first-order valence-electron chi connectivity index (χ1n) is 12.3. The molecular formula is C25H44O2. The number of esters is 1. The van der Waals surface area contributed by atoms with Gasteiger partial charge in [-0.2, -0.15) is 0 Å². The van der Waals surface area contributed by atoms with Crippen molar-refractivity contribution in [3.8, 4) is 0 Å². The molecule has 2 heteroatoms. The molecule has 0 N–H and O–H groups in total. The largest absolute Gasteiger partial charge is 0.463 e. The Morgan fingerprint density at radius 1 is 0.926 bits per heavy atom. The molecule has 3 saturated carbocycles. The maximum Gasteiger partial charge on any atom is 0.302 e. The third-order valence-electron chi connectivity index (χ3n) is 8.52. The summed E-state index contributed by atoms with van der Waals surface area (Å²) >= 11 is 0. The summed E-state index contributed by atoms with van der Waals surface area (Å²) in [5.41, 5.74) is 0.559. The Labute approximate surface area is 168 Å². The van der Waals surface area contributed by atoms with Crippen LogP contribution in [0.15, 0.2) is 0 Å². The summed E-state index contributed by atoms with van der Waals surface area (Å²) in [6.45, 7) is 4.09. The lowest BCUT2D eigenvalue weighted by Crippen LogP contribution is -2.38. The Balaban J connectivity index is 1.53. The number of ether oxygens (including phenoxy) is 1. The third-order valence-corrected chi connectivity index (χ3v) is 8.52. The van der Waals surface area contributed by atoms with Crippen LogP contribution in [0.2, 0.25) is 0 Å². The summed E-state index contributed by atoms with van der Waals surface area (Å²) in [5.74, 6) is 2.77. The molecule has 0 aromatic heterocycles. The van der Waals surface area contributed by atoms with Gasteiger partial charge in [0.2, 0.25) is 0 Å². The molecule has 3 aliphatic rings. The molecule has 2 nitrogen and oxygen atoms in total. The van der Waals surface area contributed by atoms with E-state index in [4.69, 9.17) is 4.74 Å². The molecule has 1 atom stereocenters. The molecule has 0 radical (unpaired) electrons. The van der Waals surface area contributed by atoms with E-state index >= 15 is 0 Å². The lowest BCUT2D eigenvalue weighted by Gasteiger charge is -2.47. The average molecular weight is 377 g/mol. The molecule has 0 heterocycles. The minimum absolute atomic E-state index is 0.0912. The molecule has 0 aromatic carbocycles. The van der Waals surface area contributed by atoms with Gasteiger partial charge in [-0.25, -0.2) is 0 Å². The van der Waals surface area contributed by atoms with Gasteiger partial charge in [-0.3, -0.25) is 4.79 Å². The van der Waals surface area contributed by atoms with Crippen LogP contribution in [0.4, 0.5) is 0 Å². The first kappa shape index (κ1) is 21.2. The maximum absolute atomic E-state index is 11.4. The molecule has 0 aliphatic heterocycles. The lowest BCUT2D eigenvalue weighted by molar-refractivity contribution is -0.150. The van der Waals surface area contributed by atoms with Gasteiger partial charge in [0, 0.05) is 6.92 Å². The number of carbonyl (C=O) groups is 1. The van der Waals surface area contributed by atoms with E-state index in [0.717, 1.165) is 30.6 Å². The van der Waals surface area contributed by atoms with E-state index in [1.165, 1.54) is 96.3 Å². The maximum atomic E-state index is 11.4. The van der Waals surface area contributed by atoms with E-state index in [0.29, 0.717) is 5.41 Å². The van der Waals surface area contributed by atoms with E-state index in [1.807, 2.05) is 0 Å². The molecule has 0 amide bonds. The van der Waals surface area contributed by atoms with Gasteiger partial charge in [-0.1, -0.05) is 71.1 Å². The van der Waals surface area contributed by atoms with Crippen LogP contribution in [0, 0.1) is 23.2 Å². The monoisotopic (exact) mass is 376 g/mol. The second kappa shape index (κ2) is 10.3. The fourth-order valence-electron chi connectivity index (χ4n) is 6.81. The summed E-state index contributed by atoms with van der Waals surface area (Å²) < 4.78 is 5.55. The summed E-state index contributed by atoms with van der Waals surface area (Å²) in [7, 11) is 0. The highest BCUT2D eigenvalue weighted by Gasteiger charge is 2.42. The molecule has 1 unspecified atom stereocenters. The molecule has 27 heavy (non-hydrogen) atoms. The first-order valence-corrected chi connectivity index (χ1v) is 12.3. The topological polar surface area (TPSA) is 26.3 Å². The van der Waals surface area contributed by atoms with Crippen molar-refractivity contribution in [2.24, 2.45) is 23.2 Å². The quantitative estimate of drug-likeness (QED) is 0.431. The predicted molar refractivity (Wildman–Crippen MR) is 113 cm³/mol. The van der Waals surface area contributed by atoms with Crippen molar-refractivity contribution in [3.05, 3.63) is 0 Å². The van der Waals surface area contributed by atoms with E-state index in [-0.39, 0.29) is 12.1 Å². The van der Waals surface area contributed by atoms with Gasteiger partial charge in [-0.15, -0.1) is 0 Å². The van der Waals surface area contributed by atoms with Crippen molar-refractivity contribution in [1.82, 2.24) is 0 Å². The second-order valence-corrected chi connectivity index (χ2v) is 10.3. The molecule has 0 spiro atoms. The van der Waals surface area contributed by atoms with Crippen LogP contribution in [0.3, 0.4) is 0 Å². The SMILES string of the molecule is CC(=O)O[C@H]1CC[C@@](CCCC(C)C2CCCCC2)(C2CCCCC2)CC1. The Kier molecular flexibility index (Phi) is 8.09. The van der Waals surface area contributed by atoms with Crippen molar-refractivity contribution in [3.63, 3.8) is 0 Å². The number of rotatable bonds is 7. The Morgan fingerprint density at radius 3 is 2.11 bits per heavy atom. The van der Waals surface area contributed by atoms with Gasteiger partial charge >= 0.3 is 5.97 Å². The number of carbonyl (C=O) groups excluding carboxylic acids is 1. The molecule has 3 aliphatic carbocycles. The molecule has 3 fully saturated rings. The van der Waals surface area contributed by atoms with Crippen LogP contribution < -0.4 is 0 Å². The number of hydrogen-bond donors (Lipinski definition) is 0. The minimum atomic E-state index is -0.0912. The molecule has 0 bridgehead atoms. The van der Waals surface area contributed by atoms with E-state index < -0.39 is 0 Å². The van der Waals surface area contributed by atoms with E-state index in [9.17, 15) is 4.79 Å². The van der Waals surface area contributed by atoms with Gasteiger partial charge in [0.25, 0.3) is 0 Å². The number of hydrogen-bond acceptors (Lipinski definition) is 2. The molecule has 156 valence electrons. The highest BCUT2D eigenvalue weighted by molar-refractivity contribution is 5.66. The van der Waals surface area contributed by atoms with Gasteiger partial charge in [0.1, 0.15) is 6.10 Å². The minimum Gasteiger partial charge on any atom is -0.463 e. The van der Waals surface area contributed by atoms with Crippen molar-refractivity contribution < 1.29 is 9.53 Å². The van der Waals surface area contributed by atoms with Gasteiger partial charge in [0.15, 0.2) is 0 Å². The predicted octanol–water partition coefficient (Wildman–Crippen LogP) is 7.45. The fraction of sp³-hybridized carbons (Fsp3) is 0.960. The molecule has 0 saturated heterocycles. The molecule has 3 rings (SSSR count). The van der Waals surface area contributed by atoms with E-state index in [2.05, 4.69) is 6.92 Å². The standard InChI is InChI=1S/C25H44O2/c1-20(22-11-5-3-6-12-22)10-9-17-25(23-13-7-4-8-14-23)18-15-24(16-19-25)27-21(2)26/h20,22-24H,3-19H2,1-2H3/t20?,24-,25+. The van der Waals surface area contributed by atoms with Crippen molar-refractivity contribution in [2.45, 2.75) is 129 Å². The smallest absolute Gasteiger partial charge is 0.302 e. The van der Waals surface area contributed by atoms with Crippen LogP contribution in [0.1, 0.15) is 123 Å². The third kappa shape index (κ3) is 5.97. The summed E-state index contributed by atoms with van der Waals surface area (Å²) in [6, 6.07) is 0. The Morgan fingerprint density at radius 2 is 1.52 bits per heavy atom. The molecule has 0 aromatic rings. The van der Waals surface area contributed by atoms with Crippen LogP contribution in [-0.2, 0) is 9.53 Å². The Bertz CT molecular complexity index is 437. The fourth-order valence-corrected chi connectivity index (χ4v) is 6.81. The van der Waals surface area contributed by atoms with Crippen LogP contribution in [-0.4, -0.2) is 12.1 Å². The highest BCUT2D eigenvalue weighted by Crippen LogP contribution is 2.52. The van der Waals surface area contributed by atoms with Gasteiger partial charge in [-0.05, 0) is 68.1 Å². The van der Waals surface area contributed by atoms with E-state index in [1.54, 1.807) is 6.92 Å². The van der Waals surface area contributed by atoms with Crippen molar-refractivity contribution >= 4 is 5.97 Å². The first-order chi connectivity index (χ1) is 13.1. The summed E-state index contributed by atoms with van der Waals surface area (Å²) in [4.78, 5) is 11.4. The van der Waals surface area contributed by atoms with Crippen LogP contribution in [0.5, 0.6) is 0 Å². The van der Waals surface area contributed by atoms with Crippen molar-refractivity contribution in [1.29, 1.82) is 0 Å². The summed E-state index contributed by atoms with van der Waals surface area (Å²) in [5, 5.41) is 0. The van der Waals surface area contributed by atoms with Crippen molar-refractivity contribution in [2.75, 3.05) is 0 Å². The van der Waals surface area contributed by atoms with Gasteiger partial charge in [0.05, 0.1) is 0 Å². The Hall–Kier alpha value is -0.530. The lowest BCUT2D eigenvalue weighted by atomic mass is 9.59. The average Bonchev–Trinajstić information content (AvgIpc) is 2.70. The zero-order valence-electron chi connectivity index (χ0n) is 18.1. The zero-order chi connectivity index (χ0) is 19.1. The summed E-state index contributed by atoms with van der Waals surface area (Å²) in [6.07, 6.45) is 23.9. The highest BCUT2D eigenvalue weighted by atomic mass is 16.5. The zero-order valence-corrected chi connectivity index (χ0v) is 18.1. The van der Waals surface area contributed by atoms with Crippen LogP contribution >= 0.6 is 0 Å². The molecular weight excluding hydrogens is 332 g/mol. The van der Waals surface area contributed by atoms with Crippen LogP contribution in [0.25, 0.3) is 0 Å². The van der Waals surface area contributed by atoms with Gasteiger partial charge < -0.3 is 4.74 Å². The second-order valence-electron chi connectivity index (χ2n) is 10.3. The normalized spacial score (nSPS) is 32.1.